The highest BCUT2D eigenvalue weighted by Gasteiger charge is 2.25. The fraction of sp³-hybridized carbons (Fsp3) is 0.316. The first-order valence-corrected chi connectivity index (χ1v) is 9.99. The number of amides is 1. The van der Waals surface area contributed by atoms with E-state index in [2.05, 4.69) is 4.72 Å². The molecule has 2 aromatic rings. The van der Waals surface area contributed by atoms with Gasteiger partial charge in [0, 0.05) is 23.8 Å². The molecule has 0 fully saturated rings. The molecule has 0 saturated carbocycles. The zero-order valence-electron chi connectivity index (χ0n) is 14.7. The van der Waals surface area contributed by atoms with Crippen molar-refractivity contribution in [2.24, 2.45) is 5.92 Å². The molecule has 0 unspecified atom stereocenters. The number of hydrogen-bond donors (Lipinski definition) is 1. The first-order chi connectivity index (χ1) is 12.3. The summed E-state index contributed by atoms with van der Waals surface area (Å²) < 4.78 is 40.7. The predicted octanol–water partition coefficient (Wildman–Crippen LogP) is 3.56. The molecule has 7 heteroatoms. The van der Waals surface area contributed by atoms with Crippen LogP contribution in [-0.4, -0.2) is 20.9 Å². The van der Waals surface area contributed by atoms with Crippen LogP contribution in [0.1, 0.15) is 25.8 Å². The Morgan fingerprint density at radius 1 is 1.19 bits per heavy atom. The standard InChI is InChI=1S/C19H21FN2O3S/c1-13(2)19(23)22-10-4-5-14-11-16(8-9-18(14)22)21-26(24,25)17-7-3-6-15(20)12-17/h3,6-9,11-13,21H,4-5,10H2,1-2H3. The number of nitrogens with zero attached hydrogens (tertiary/aromatic N) is 1. The van der Waals surface area contributed by atoms with Gasteiger partial charge in [-0.1, -0.05) is 19.9 Å². The molecule has 1 heterocycles. The Bertz CT molecular complexity index is 942. The quantitative estimate of drug-likeness (QED) is 0.887. The highest BCUT2D eigenvalue weighted by Crippen LogP contribution is 2.31. The van der Waals surface area contributed by atoms with E-state index >= 15 is 0 Å². The Labute approximate surface area is 152 Å². The van der Waals surface area contributed by atoms with E-state index in [9.17, 15) is 17.6 Å². The molecular weight excluding hydrogens is 355 g/mol. The monoisotopic (exact) mass is 376 g/mol. The molecule has 3 rings (SSSR count). The minimum absolute atomic E-state index is 0.0547. The fourth-order valence-corrected chi connectivity index (χ4v) is 4.13. The summed E-state index contributed by atoms with van der Waals surface area (Å²) >= 11 is 0. The fourth-order valence-electron chi connectivity index (χ4n) is 3.05. The minimum atomic E-state index is -3.88. The predicted molar refractivity (Wildman–Crippen MR) is 99.2 cm³/mol. The van der Waals surface area contributed by atoms with Gasteiger partial charge in [0.2, 0.25) is 5.91 Å². The molecule has 0 aliphatic carbocycles. The van der Waals surface area contributed by atoms with Crippen LogP contribution < -0.4 is 9.62 Å². The van der Waals surface area contributed by atoms with E-state index in [1.807, 2.05) is 13.8 Å². The second kappa shape index (κ2) is 7.07. The average Bonchev–Trinajstić information content (AvgIpc) is 2.60. The van der Waals surface area contributed by atoms with Crippen molar-refractivity contribution in [3.8, 4) is 0 Å². The van der Waals surface area contributed by atoms with Gasteiger partial charge in [0.05, 0.1) is 4.90 Å². The van der Waals surface area contributed by atoms with E-state index in [1.165, 1.54) is 18.2 Å². The van der Waals surface area contributed by atoms with Crippen molar-refractivity contribution < 1.29 is 17.6 Å². The smallest absolute Gasteiger partial charge is 0.261 e. The van der Waals surface area contributed by atoms with Crippen LogP contribution in [-0.2, 0) is 21.2 Å². The van der Waals surface area contributed by atoms with Crippen molar-refractivity contribution in [1.82, 2.24) is 0 Å². The minimum Gasteiger partial charge on any atom is -0.312 e. The molecule has 0 atom stereocenters. The van der Waals surface area contributed by atoms with E-state index < -0.39 is 15.8 Å². The summed E-state index contributed by atoms with van der Waals surface area (Å²) in [6.45, 7) is 4.38. The van der Waals surface area contributed by atoms with E-state index in [4.69, 9.17) is 0 Å². The third-order valence-corrected chi connectivity index (χ3v) is 5.70. The molecule has 2 aromatic carbocycles. The van der Waals surface area contributed by atoms with Crippen LogP contribution in [0.3, 0.4) is 0 Å². The Kier molecular flexibility index (Phi) is 5.00. The van der Waals surface area contributed by atoms with Crippen molar-refractivity contribution in [3.63, 3.8) is 0 Å². The zero-order chi connectivity index (χ0) is 18.9. The van der Waals surface area contributed by atoms with Gasteiger partial charge >= 0.3 is 0 Å². The second-order valence-electron chi connectivity index (χ2n) is 6.65. The maximum atomic E-state index is 13.3. The maximum absolute atomic E-state index is 13.3. The van der Waals surface area contributed by atoms with Gasteiger partial charge in [-0.05, 0) is 54.8 Å². The molecule has 0 bridgehead atoms. The summed E-state index contributed by atoms with van der Waals surface area (Å²) in [6, 6.07) is 9.99. The number of sulfonamides is 1. The van der Waals surface area contributed by atoms with Crippen molar-refractivity contribution in [2.45, 2.75) is 31.6 Å². The number of rotatable bonds is 4. The summed E-state index contributed by atoms with van der Waals surface area (Å²) in [4.78, 5) is 14.0. The Morgan fingerprint density at radius 2 is 1.96 bits per heavy atom. The van der Waals surface area contributed by atoms with Crippen LogP contribution >= 0.6 is 0 Å². The van der Waals surface area contributed by atoms with Gasteiger partial charge in [-0.25, -0.2) is 12.8 Å². The molecule has 1 amide bonds. The normalized spacial score (nSPS) is 14.2. The SMILES string of the molecule is CC(C)C(=O)N1CCCc2cc(NS(=O)(=O)c3cccc(F)c3)ccc21. The zero-order valence-corrected chi connectivity index (χ0v) is 15.5. The van der Waals surface area contributed by atoms with E-state index in [0.717, 1.165) is 30.2 Å². The lowest BCUT2D eigenvalue weighted by atomic mass is 9.99. The van der Waals surface area contributed by atoms with Crippen molar-refractivity contribution in [1.29, 1.82) is 0 Å². The van der Waals surface area contributed by atoms with Crippen LogP contribution in [0.4, 0.5) is 15.8 Å². The Balaban J connectivity index is 1.88. The molecule has 5 nitrogen and oxygen atoms in total. The molecule has 26 heavy (non-hydrogen) atoms. The van der Waals surface area contributed by atoms with Gasteiger partial charge < -0.3 is 4.90 Å². The highest BCUT2D eigenvalue weighted by atomic mass is 32.2. The molecule has 0 aromatic heterocycles. The van der Waals surface area contributed by atoms with Gasteiger partial charge in [-0.3, -0.25) is 9.52 Å². The van der Waals surface area contributed by atoms with Crippen molar-refractivity contribution in [3.05, 3.63) is 53.8 Å². The van der Waals surface area contributed by atoms with Gasteiger partial charge in [0.25, 0.3) is 10.0 Å². The summed E-state index contributed by atoms with van der Waals surface area (Å²) in [7, 11) is -3.88. The average molecular weight is 376 g/mol. The summed E-state index contributed by atoms with van der Waals surface area (Å²) in [5, 5.41) is 0. The van der Waals surface area contributed by atoms with Crippen LogP contribution in [0, 0.1) is 11.7 Å². The summed E-state index contributed by atoms with van der Waals surface area (Å²) in [5.41, 5.74) is 2.14. The highest BCUT2D eigenvalue weighted by molar-refractivity contribution is 7.92. The van der Waals surface area contributed by atoms with Crippen LogP contribution in [0.5, 0.6) is 0 Å². The third-order valence-electron chi connectivity index (χ3n) is 4.32. The van der Waals surface area contributed by atoms with Crippen LogP contribution in [0.2, 0.25) is 0 Å². The Morgan fingerprint density at radius 3 is 2.65 bits per heavy atom. The van der Waals surface area contributed by atoms with E-state index in [1.54, 1.807) is 23.1 Å². The molecule has 0 saturated heterocycles. The number of nitrogens with one attached hydrogen (secondary N) is 1. The van der Waals surface area contributed by atoms with Gasteiger partial charge in [-0.15, -0.1) is 0 Å². The van der Waals surface area contributed by atoms with Crippen LogP contribution in [0.25, 0.3) is 0 Å². The molecule has 138 valence electrons. The van der Waals surface area contributed by atoms with Gasteiger partial charge in [0.15, 0.2) is 0 Å². The summed E-state index contributed by atoms with van der Waals surface area (Å²) in [6.07, 6.45) is 1.60. The van der Waals surface area contributed by atoms with Crippen LogP contribution in [0.15, 0.2) is 47.4 Å². The first kappa shape index (κ1) is 18.4. The number of carbonyl (C=O) groups is 1. The lowest BCUT2D eigenvalue weighted by Crippen LogP contribution is -2.38. The van der Waals surface area contributed by atoms with Crippen molar-refractivity contribution in [2.75, 3.05) is 16.2 Å². The van der Waals surface area contributed by atoms with E-state index in [0.29, 0.717) is 12.2 Å². The molecule has 0 spiro atoms. The van der Waals surface area contributed by atoms with Crippen molar-refractivity contribution >= 4 is 27.3 Å². The van der Waals surface area contributed by atoms with Gasteiger partial charge in [-0.2, -0.15) is 0 Å². The number of fused-ring (bicyclic) bond motifs is 1. The maximum Gasteiger partial charge on any atom is 0.261 e. The van der Waals surface area contributed by atoms with E-state index in [-0.39, 0.29) is 16.7 Å². The molecule has 1 aliphatic heterocycles. The summed E-state index contributed by atoms with van der Waals surface area (Å²) in [5.74, 6) is -0.660. The number of aryl methyl sites for hydroxylation is 1. The lowest BCUT2D eigenvalue weighted by molar-refractivity contribution is -0.121. The lowest BCUT2D eigenvalue weighted by Gasteiger charge is -2.31. The second-order valence-corrected chi connectivity index (χ2v) is 8.34. The molecule has 1 N–H and O–H groups in total. The molecule has 1 aliphatic rings. The first-order valence-electron chi connectivity index (χ1n) is 8.50. The largest absolute Gasteiger partial charge is 0.312 e. The number of halogens is 1. The molecule has 0 radical (unpaired) electrons. The van der Waals surface area contributed by atoms with Gasteiger partial charge in [0.1, 0.15) is 5.82 Å². The number of carbonyl (C=O) groups excluding carboxylic acids is 1. The number of benzene rings is 2. The number of hydrogen-bond acceptors (Lipinski definition) is 3. The number of anilines is 2. The third kappa shape index (κ3) is 3.72. The Hall–Kier alpha value is -2.41. The topological polar surface area (TPSA) is 66.5 Å². The molecular formula is C19H21FN2O3S.